The highest BCUT2D eigenvalue weighted by atomic mass is 79.9. The summed E-state index contributed by atoms with van der Waals surface area (Å²) in [5, 5.41) is 0.442. The van der Waals surface area contributed by atoms with Gasteiger partial charge in [0.2, 0.25) is 0 Å². The van der Waals surface area contributed by atoms with E-state index < -0.39 is 5.60 Å². The Kier molecular flexibility index (Phi) is 6.57. The number of hydrogen-bond acceptors (Lipinski definition) is 4. The highest BCUT2D eigenvalue weighted by molar-refractivity contribution is 9.10. The van der Waals surface area contributed by atoms with Gasteiger partial charge in [0.05, 0.1) is 5.02 Å². The third-order valence-corrected chi connectivity index (χ3v) is 4.32. The second-order valence-corrected chi connectivity index (χ2v) is 8.03. The first kappa shape index (κ1) is 19.8. The third kappa shape index (κ3) is 6.08. The summed E-state index contributed by atoms with van der Waals surface area (Å²) in [6, 6.07) is 5.21. The van der Waals surface area contributed by atoms with Crippen LogP contribution in [0.3, 0.4) is 0 Å². The zero-order valence-electron chi connectivity index (χ0n) is 14.6. The molecule has 0 aromatic heterocycles. The number of carbonyl (C=O) groups excluding carboxylic acids is 2. The van der Waals surface area contributed by atoms with Crippen LogP contribution in [-0.4, -0.2) is 60.2 Å². The van der Waals surface area contributed by atoms with E-state index in [2.05, 4.69) is 15.9 Å². The number of hydrogen-bond donors (Lipinski definition) is 0. The molecule has 0 bridgehead atoms. The number of rotatable bonds is 3. The minimum absolute atomic E-state index is 0.0895. The second-order valence-electron chi connectivity index (χ2n) is 6.71. The molecule has 1 aliphatic rings. The lowest BCUT2D eigenvalue weighted by molar-refractivity contribution is -0.135. The van der Waals surface area contributed by atoms with Gasteiger partial charge < -0.3 is 19.3 Å². The van der Waals surface area contributed by atoms with Crippen LogP contribution < -0.4 is 4.74 Å². The van der Waals surface area contributed by atoms with Gasteiger partial charge in [-0.25, -0.2) is 4.79 Å². The van der Waals surface area contributed by atoms with E-state index >= 15 is 0 Å². The number of benzene rings is 1. The molecule has 1 saturated heterocycles. The van der Waals surface area contributed by atoms with E-state index in [9.17, 15) is 9.59 Å². The van der Waals surface area contributed by atoms with Crippen molar-refractivity contribution < 1.29 is 19.1 Å². The quantitative estimate of drug-likeness (QED) is 0.731. The van der Waals surface area contributed by atoms with E-state index in [1.807, 2.05) is 20.8 Å². The number of carbonyl (C=O) groups is 2. The van der Waals surface area contributed by atoms with Crippen LogP contribution in [0.5, 0.6) is 5.75 Å². The average Bonchev–Trinajstić information content (AvgIpc) is 2.52. The van der Waals surface area contributed by atoms with E-state index in [4.69, 9.17) is 21.1 Å². The molecule has 0 radical (unpaired) electrons. The standard InChI is InChI=1S/C17H22BrClN2O4/c1-17(2,3)25-16(23)21-8-6-20(7-9-21)15(22)11-24-14-5-4-12(18)10-13(14)19/h4-5,10H,6-9,11H2,1-3H3. The zero-order chi connectivity index (χ0) is 18.6. The van der Waals surface area contributed by atoms with Gasteiger partial charge in [-0.3, -0.25) is 4.79 Å². The van der Waals surface area contributed by atoms with Crippen LogP contribution in [0.4, 0.5) is 4.79 Å². The van der Waals surface area contributed by atoms with Crippen molar-refractivity contribution in [1.82, 2.24) is 9.80 Å². The molecule has 2 rings (SSSR count). The van der Waals surface area contributed by atoms with Gasteiger partial charge in [-0.05, 0) is 39.0 Å². The fraction of sp³-hybridized carbons (Fsp3) is 0.529. The van der Waals surface area contributed by atoms with E-state index in [0.717, 1.165) is 4.47 Å². The Balaban J connectivity index is 1.80. The highest BCUT2D eigenvalue weighted by Gasteiger charge is 2.27. The molecule has 6 nitrogen and oxygen atoms in total. The Morgan fingerprint density at radius 2 is 1.76 bits per heavy atom. The van der Waals surface area contributed by atoms with E-state index in [1.165, 1.54) is 0 Å². The van der Waals surface area contributed by atoms with Gasteiger partial charge in [-0.1, -0.05) is 27.5 Å². The number of piperazine rings is 1. The van der Waals surface area contributed by atoms with Crippen molar-refractivity contribution in [3.8, 4) is 5.75 Å². The van der Waals surface area contributed by atoms with Gasteiger partial charge in [0.1, 0.15) is 11.4 Å². The van der Waals surface area contributed by atoms with Crippen LogP contribution in [0.25, 0.3) is 0 Å². The van der Waals surface area contributed by atoms with Crippen molar-refractivity contribution in [2.45, 2.75) is 26.4 Å². The summed E-state index contributed by atoms with van der Waals surface area (Å²) in [5.74, 6) is 0.327. The van der Waals surface area contributed by atoms with E-state index in [1.54, 1.807) is 28.0 Å². The summed E-state index contributed by atoms with van der Waals surface area (Å²) >= 11 is 9.38. The number of amides is 2. The Bertz CT molecular complexity index is 640. The Morgan fingerprint density at radius 3 is 2.32 bits per heavy atom. The molecule has 2 amide bonds. The minimum atomic E-state index is -0.526. The Hall–Kier alpha value is -1.47. The Labute approximate surface area is 161 Å². The molecule has 1 aromatic rings. The van der Waals surface area contributed by atoms with Crippen LogP contribution >= 0.6 is 27.5 Å². The normalized spacial score (nSPS) is 15.1. The molecule has 0 unspecified atom stereocenters. The highest BCUT2D eigenvalue weighted by Crippen LogP contribution is 2.27. The molecular weight excluding hydrogens is 412 g/mol. The van der Waals surface area contributed by atoms with Crippen LogP contribution in [0.15, 0.2) is 22.7 Å². The molecule has 8 heteroatoms. The summed E-state index contributed by atoms with van der Waals surface area (Å²) in [6.07, 6.45) is -0.350. The molecule has 1 aromatic carbocycles. The maximum Gasteiger partial charge on any atom is 0.410 e. The lowest BCUT2D eigenvalue weighted by Crippen LogP contribution is -2.52. The molecular formula is C17H22BrClN2O4. The van der Waals surface area contributed by atoms with Crippen LogP contribution in [0.2, 0.25) is 5.02 Å². The summed E-state index contributed by atoms with van der Waals surface area (Å²) < 4.78 is 11.7. The predicted octanol–water partition coefficient (Wildman–Crippen LogP) is 3.56. The van der Waals surface area contributed by atoms with Crippen molar-refractivity contribution in [1.29, 1.82) is 0 Å². The maximum absolute atomic E-state index is 12.3. The summed E-state index contributed by atoms with van der Waals surface area (Å²) in [5.41, 5.74) is -0.526. The molecule has 1 aliphatic heterocycles. The average molecular weight is 434 g/mol. The van der Waals surface area contributed by atoms with Crippen molar-refractivity contribution in [3.05, 3.63) is 27.7 Å². The summed E-state index contributed by atoms with van der Waals surface area (Å²) in [4.78, 5) is 27.6. The summed E-state index contributed by atoms with van der Waals surface area (Å²) in [6.45, 7) is 7.19. The topological polar surface area (TPSA) is 59.1 Å². The maximum atomic E-state index is 12.3. The Morgan fingerprint density at radius 1 is 1.16 bits per heavy atom. The van der Waals surface area contributed by atoms with Gasteiger partial charge in [0.15, 0.2) is 6.61 Å². The van der Waals surface area contributed by atoms with Crippen LogP contribution in [0.1, 0.15) is 20.8 Å². The van der Waals surface area contributed by atoms with Gasteiger partial charge in [0, 0.05) is 30.7 Å². The van der Waals surface area contributed by atoms with E-state index in [-0.39, 0.29) is 18.6 Å². The lowest BCUT2D eigenvalue weighted by Gasteiger charge is -2.35. The van der Waals surface area contributed by atoms with Gasteiger partial charge in [0.25, 0.3) is 5.91 Å². The molecule has 0 N–H and O–H groups in total. The van der Waals surface area contributed by atoms with Crippen molar-refractivity contribution in [2.75, 3.05) is 32.8 Å². The van der Waals surface area contributed by atoms with Crippen molar-refractivity contribution in [3.63, 3.8) is 0 Å². The SMILES string of the molecule is CC(C)(C)OC(=O)N1CCN(C(=O)COc2ccc(Br)cc2Cl)CC1. The number of ether oxygens (including phenoxy) is 2. The molecule has 0 atom stereocenters. The largest absolute Gasteiger partial charge is 0.482 e. The fourth-order valence-corrected chi connectivity index (χ4v) is 3.02. The fourth-order valence-electron chi connectivity index (χ4n) is 2.29. The van der Waals surface area contributed by atoms with Crippen molar-refractivity contribution >= 4 is 39.5 Å². The van der Waals surface area contributed by atoms with Crippen LogP contribution in [0, 0.1) is 0 Å². The lowest BCUT2D eigenvalue weighted by atomic mass is 10.2. The number of nitrogens with zero attached hydrogens (tertiary/aromatic N) is 2. The molecule has 0 saturated carbocycles. The molecule has 25 heavy (non-hydrogen) atoms. The van der Waals surface area contributed by atoms with Crippen LogP contribution in [-0.2, 0) is 9.53 Å². The van der Waals surface area contributed by atoms with Gasteiger partial charge in [-0.15, -0.1) is 0 Å². The van der Waals surface area contributed by atoms with Gasteiger partial charge in [-0.2, -0.15) is 0 Å². The van der Waals surface area contributed by atoms with Gasteiger partial charge >= 0.3 is 6.09 Å². The smallest absolute Gasteiger partial charge is 0.410 e. The number of halogens is 2. The first-order valence-electron chi connectivity index (χ1n) is 7.99. The minimum Gasteiger partial charge on any atom is -0.482 e. The zero-order valence-corrected chi connectivity index (χ0v) is 16.9. The molecule has 0 aliphatic carbocycles. The molecule has 1 fully saturated rings. The third-order valence-electron chi connectivity index (χ3n) is 3.53. The van der Waals surface area contributed by atoms with E-state index in [0.29, 0.717) is 37.0 Å². The molecule has 0 spiro atoms. The first-order valence-corrected chi connectivity index (χ1v) is 9.16. The molecule has 1 heterocycles. The predicted molar refractivity (Wildman–Crippen MR) is 99.0 cm³/mol. The second kappa shape index (κ2) is 8.27. The molecule has 138 valence electrons. The summed E-state index contributed by atoms with van der Waals surface area (Å²) in [7, 11) is 0. The monoisotopic (exact) mass is 432 g/mol. The van der Waals surface area contributed by atoms with Crippen molar-refractivity contribution in [2.24, 2.45) is 0 Å². The first-order chi connectivity index (χ1) is 11.7.